The van der Waals surface area contributed by atoms with E-state index in [0.29, 0.717) is 6.42 Å². The maximum Gasteiger partial charge on any atom is 0.219 e. The number of amides is 1. The van der Waals surface area contributed by atoms with Crippen molar-refractivity contribution < 1.29 is 9.28 Å². The van der Waals surface area contributed by atoms with Crippen LogP contribution in [0.25, 0.3) is 0 Å². The standard InChI is InChI=1S/C13H28N2O/c1-5-10-15(7-3,11-6-2)12-8-9-13(16)14-4/h5-12H2,1-4H3/p+1. The largest absolute Gasteiger partial charge is 0.359 e. The number of carbonyl (C=O) groups is 1. The average Bonchev–Trinajstić information content (AvgIpc) is 2.29. The van der Waals surface area contributed by atoms with Crippen molar-refractivity contribution in [2.24, 2.45) is 0 Å². The SMILES string of the molecule is CCC[N+](CC)(CCC)CCCC(=O)NC. The zero-order valence-corrected chi connectivity index (χ0v) is 11.5. The predicted molar refractivity (Wildman–Crippen MR) is 69.3 cm³/mol. The van der Waals surface area contributed by atoms with E-state index < -0.39 is 0 Å². The van der Waals surface area contributed by atoms with Gasteiger partial charge in [0.2, 0.25) is 5.91 Å². The van der Waals surface area contributed by atoms with Gasteiger partial charge in [0.25, 0.3) is 0 Å². The molecule has 0 aliphatic rings. The molecule has 0 aromatic heterocycles. The summed E-state index contributed by atoms with van der Waals surface area (Å²) in [6.07, 6.45) is 4.14. The average molecular weight is 229 g/mol. The molecule has 0 heterocycles. The lowest BCUT2D eigenvalue weighted by atomic mass is 10.2. The van der Waals surface area contributed by atoms with E-state index in [1.807, 2.05) is 0 Å². The van der Waals surface area contributed by atoms with Gasteiger partial charge in [0, 0.05) is 19.9 Å². The fourth-order valence-electron chi connectivity index (χ4n) is 2.46. The van der Waals surface area contributed by atoms with Gasteiger partial charge in [0.05, 0.1) is 26.2 Å². The lowest BCUT2D eigenvalue weighted by Gasteiger charge is -2.37. The Morgan fingerprint density at radius 2 is 1.62 bits per heavy atom. The Hall–Kier alpha value is -0.570. The van der Waals surface area contributed by atoms with E-state index >= 15 is 0 Å². The molecule has 0 atom stereocenters. The van der Waals surface area contributed by atoms with Crippen molar-refractivity contribution in [3.05, 3.63) is 0 Å². The van der Waals surface area contributed by atoms with Crippen LogP contribution in [0.2, 0.25) is 0 Å². The molecule has 1 N–H and O–H groups in total. The fraction of sp³-hybridized carbons (Fsp3) is 0.923. The van der Waals surface area contributed by atoms with Crippen LogP contribution in [0.4, 0.5) is 0 Å². The highest BCUT2D eigenvalue weighted by molar-refractivity contribution is 5.75. The molecule has 0 fully saturated rings. The second-order valence-corrected chi connectivity index (χ2v) is 4.61. The molecule has 0 aromatic carbocycles. The Kier molecular flexibility index (Phi) is 8.26. The highest BCUT2D eigenvalue weighted by Gasteiger charge is 2.22. The Balaban J connectivity index is 4.13. The minimum absolute atomic E-state index is 0.169. The van der Waals surface area contributed by atoms with Crippen LogP contribution in [0.15, 0.2) is 0 Å². The summed E-state index contributed by atoms with van der Waals surface area (Å²) in [5, 5.41) is 2.69. The number of hydrogen-bond donors (Lipinski definition) is 1. The predicted octanol–water partition coefficient (Wildman–Crippen LogP) is 2.17. The highest BCUT2D eigenvalue weighted by atomic mass is 16.1. The zero-order chi connectivity index (χ0) is 12.4. The molecule has 16 heavy (non-hydrogen) atoms. The van der Waals surface area contributed by atoms with Gasteiger partial charge in [-0.05, 0) is 19.8 Å². The van der Waals surface area contributed by atoms with Gasteiger partial charge < -0.3 is 9.80 Å². The third-order valence-corrected chi connectivity index (χ3v) is 3.38. The van der Waals surface area contributed by atoms with E-state index in [1.165, 1.54) is 37.0 Å². The lowest BCUT2D eigenvalue weighted by molar-refractivity contribution is -0.926. The number of nitrogens with one attached hydrogen (secondary N) is 1. The van der Waals surface area contributed by atoms with Gasteiger partial charge in [-0.25, -0.2) is 0 Å². The van der Waals surface area contributed by atoms with E-state index in [-0.39, 0.29) is 5.91 Å². The van der Waals surface area contributed by atoms with Crippen molar-refractivity contribution in [3.63, 3.8) is 0 Å². The molecule has 1 amide bonds. The van der Waals surface area contributed by atoms with Crippen molar-refractivity contribution in [1.29, 1.82) is 0 Å². The van der Waals surface area contributed by atoms with Crippen molar-refractivity contribution in [1.82, 2.24) is 5.32 Å². The Labute approximate surface area is 101 Å². The van der Waals surface area contributed by atoms with Crippen molar-refractivity contribution in [2.75, 3.05) is 33.2 Å². The van der Waals surface area contributed by atoms with Crippen molar-refractivity contribution in [2.45, 2.75) is 46.5 Å². The van der Waals surface area contributed by atoms with E-state index in [9.17, 15) is 4.79 Å². The van der Waals surface area contributed by atoms with Gasteiger partial charge in [-0.2, -0.15) is 0 Å². The molecule has 0 radical (unpaired) electrons. The number of carbonyl (C=O) groups excluding carboxylic acids is 1. The van der Waals surface area contributed by atoms with Crippen molar-refractivity contribution in [3.8, 4) is 0 Å². The maximum absolute atomic E-state index is 11.2. The molecule has 0 bridgehead atoms. The van der Waals surface area contributed by atoms with Gasteiger partial charge in [0.15, 0.2) is 0 Å². The summed E-state index contributed by atoms with van der Waals surface area (Å²) in [6, 6.07) is 0. The number of quaternary nitrogens is 1. The normalized spacial score (nSPS) is 11.5. The van der Waals surface area contributed by atoms with Crippen LogP contribution in [0.5, 0.6) is 0 Å². The Morgan fingerprint density at radius 3 is 2.00 bits per heavy atom. The molecule has 3 nitrogen and oxygen atoms in total. The van der Waals surface area contributed by atoms with Crippen LogP contribution in [0.3, 0.4) is 0 Å². The topological polar surface area (TPSA) is 29.1 Å². The molecule has 0 spiro atoms. The van der Waals surface area contributed by atoms with Crippen LogP contribution in [-0.4, -0.2) is 43.6 Å². The molecule has 0 aromatic rings. The molecular weight excluding hydrogens is 200 g/mol. The molecule has 0 aliphatic carbocycles. The lowest BCUT2D eigenvalue weighted by Crippen LogP contribution is -2.49. The minimum Gasteiger partial charge on any atom is -0.359 e. The van der Waals surface area contributed by atoms with E-state index in [0.717, 1.165) is 13.0 Å². The summed E-state index contributed by atoms with van der Waals surface area (Å²) in [4.78, 5) is 11.2. The molecule has 0 aliphatic heterocycles. The number of hydrogen-bond acceptors (Lipinski definition) is 1. The molecule has 3 heteroatoms. The highest BCUT2D eigenvalue weighted by Crippen LogP contribution is 2.12. The van der Waals surface area contributed by atoms with Crippen LogP contribution < -0.4 is 5.32 Å². The number of nitrogens with zero attached hydrogens (tertiary/aromatic N) is 1. The smallest absolute Gasteiger partial charge is 0.219 e. The summed E-state index contributed by atoms with van der Waals surface area (Å²) < 4.78 is 1.18. The van der Waals surface area contributed by atoms with E-state index in [1.54, 1.807) is 7.05 Å². The third kappa shape index (κ3) is 5.50. The van der Waals surface area contributed by atoms with Crippen molar-refractivity contribution >= 4 is 5.91 Å². The minimum atomic E-state index is 0.169. The van der Waals surface area contributed by atoms with Gasteiger partial charge >= 0.3 is 0 Å². The van der Waals surface area contributed by atoms with Gasteiger partial charge in [-0.15, -0.1) is 0 Å². The molecule has 0 rings (SSSR count). The molecule has 0 unspecified atom stereocenters. The summed E-state index contributed by atoms with van der Waals surface area (Å²) >= 11 is 0. The first-order valence-corrected chi connectivity index (χ1v) is 6.69. The molecule has 0 saturated carbocycles. The Bertz CT molecular complexity index is 186. The zero-order valence-electron chi connectivity index (χ0n) is 11.5. The van der Waals surface area contributed by atoms with Crippen LogP contribution in [0, 0.1) is 0 Å². The first-order valence-electron chi connectivity index (χ1n) is 6.69. The number of rotatable bonds is 9. The monoisotopic (exact) mass is 229 g/mol. The van der Waals surface area contributed by atoms with Gasteiger partial charge in [-0.3, -0.25) is 4.79 Å². The Morgan fingerprint density at radius 1 is 1.06 bits per heavy atom. The molecule has 0 saturated heterocycles. The summed E-state index contributed by atoms with van der Waals surface area (Å²) in [7, 11) is 1.71. The van der Waals surface area contributed by atoms with Gasteiger partial charge in [0.1, 0.15) is 0 Å². The van der Waals surface area contributed by atoms with E-state index in [4.69, 9.17) is 0 Å². The van der Waals surface area contributed by atoms with Crippen LogP contribution in [-0.2, 0) is 4.79 Å². The van der Waals surface area contributed by atoms with Crippen LogP contribution in [0.1, 0.15) is 46.5 Å². The quantitative estimate of drug-likeness (QED) is 0.603. The maximum atomic E-state index is 11.2. The van der Waals surface area contributed by atoms with Gasteiger partial charge in [-0.1, -0.05) is 13.8 Å². The van der Waals surface area contributed by atoms with Crippen LogP contribution >= 0.6 is 0 Å². The summed E-state index contributed by atoms with van der Waals surface area (Å²) in [5.41, 5.74) is 0. The molecule has 96 valence electrons. The second kappa shape index (κ2) is 8.57. The molecular formula is C13H29N2O+. The summed E-state index contributed by atoms with van der Waals surface area (Å²) in [6.45, 7) is 11.6. The first-order chi connectivity index (χ1) is 7.64. The summed E-state index contributed by atoms with van der Waals surface area (Å²) in [5.74, 6) is 0.169. The van der Waals surface area contributed by atoms with E-state index in [2.05, 4.69) is 26.1 Å². The third-order valence-electron chi connectivity index (χ3n) is 3.38. The fourth-order valence-corrected chi connectivity index (χ4v) is 2.46. The second-order valence-electron chi connectivity index (χ2n) is 4.61. The first kappa shape index (κ1) is 15.4.